The molecule has 15 heavy (non-hydrogen) atoms. The molecule has 0 aromatic carbocycles. The van der Waals surface area contributed by atoms with Gasteiger partial charge >= 0.3 is 8.80 Å². The molecule has 0 radical (unpaired) electrons. The van der Waals surface area contributed by atoms with E-state index in [4.69, 9.17) is 13.3 Å². The summed E-state index contributed by atoms with van der Waals surface area (Å²) < 4.78 is 14.8. The molecule has 0 aromatic heterocycles. The van der Waals surface area contributed by atoms with Crippen LogP contribution in [-0.4, -0.2) is 35.5 Å². The number of hydrogen-bond donors (Lipinski definition) is 0. The molecular weight excluding hydrogens is 212 g/mol. The van der Waals surface area contributed by atoms with Crippen LogP contribution >= 0.6 is 0 Å². The van der Waals surface area contributed by atoms with E-state index in [-0.39, 0.29) is 5.41 Å². The zero-order valence-corrected chi connectivity index (χ0v) is 11.5. The van der Waals surface area contributed by atoms with E-state index in [1.807, 2.05) is 0 Å². The minimum Gasteiger partial charge on any atom is -0.372 e. The lowest BCUT2D eigenvalue weighted by atomic mass is 10.4. The molecule has 0 saturated carbocycles. The minimum absolute atomic E-state index is 0.282. The fourth-order valence-corrected chi connectivity index (χ4v) is 2.37. The third kappa shape index (κ3) is 5.22. The normalized spacial score (nSPS) is 10.3. The Morgan fingerprint density at radius 3 is 1.47 bits per heavy atom. The SMILES string of the molecule is C=C(C)C(=O)[Si](OC)(OC)OC.CCC. The molecule has 90 valence electrons. The number of carbonyl (C=O) groups is 1. The van der Waals surface area contributed by atoms with Crippen molar-refractivity contribution in [2.75, 3.05) is 21.3 Å². The zero-order chi connectivity index (χ0) is 12.5. The lowest BCUT2D eigenvalue weighted by Gasteiger charge is -2.22. The van der Waals surface area contributed by atoms with Crippen LogP contribution in [0.3, 0.4) is 0 Å². The summed E-state index contributed by atoms with van der Waals surface area (Å²) >= 11 is 0. The van der Waals surface area contributed by atoms with Gasteiger partial charge in [-0.1, -0.05) is 26.8 Å². The summed E-state index contributed by atoms with van der Waals surface area (Å²) in [6.45, 7) is 9.36. The molecule has 0 rings (SSSR count). The van der Waals surface area contributed by atoms with Gasteiger partial charge in [-0.15, -0.1) is 0 Å². The molecular formula is C10H22O4Si. The predicted octanol–water partition coefficient (Wildman–Crippen LogP) is 1.97. The topological polar surface area (TPSA) is 44.8 Å². The monoisotopic (exact) mass is 234 g/mol. The van der Waals surface area contributed by atoms with Gasteiger partial charge in [-0.25, -0.2) is 0 Å². The van der Waals surface area contributed by atoms with Gasteiger partial charge < -0.3 is 13.3 Å². The number of hydrogen-bond acceptors (Lipinski definition) is 4. The average molecular weight is 234 g/mol. The van der Waals surface area contributed by atoms with Gasteiger partial charge in [0.15, 0.2) is 0 Å². The van der Waals surface area contributed by atoms with Crippen LogP contribution in [0.4, 0.5) is 0 Å². The first-order valence-electron chi connectivity index (χ1n) is 4.81. The summed E-state index contributed by atoms with van der Waals surface area (Å²) in [4.78, 5) is 11.4. The molecule has 0 heterocycles. The molecule has 0 bridgehead atoms. The van der Waals surface area contributed by atoms with Crippen LogP contribution in [0.1, 0.15) is 27.2 Å². The second kappa shape index (κ2) is 8.79. The number of carbonyl (C=O) groups excluding carboxylic acids is 1. The van der Waals surface area contributed by atoms with Gasteiger partial charge in [-0.3, -0.25) is 4.79 Å². The van der Waals surface area contributed by atoms with Crippen molar-refractivity contribution < 1.29 is 18.1 Å². The summed E-state index contributed by atoms with van der Waals surface area (Å²) in [6, 6.07) is 0. The Balaban J connectivity index is 0. The number of allylic oxidation sites excluding steroid dienone is 1. The maximum absolute atomic E-state index is 11.4. The van der Waals surface area contributed by atoms with Crippen molar-refractivity contribution in [2.24, 2.45) is 0 Å². The molecule has 0 N–H and O–H groups in total. The van der Waals surface area contributed by atoms with E-state index in [1.165, 1.54) is 27.8 Å². The molecule has 0 aromatic rings. The Morgan fingerprint density at radius 1 is 1.13 bits per heavy atom. The van der Waals surface area contributed by atoms with Crippen LogP contribution in [-0.2, 0) is 18.1 Å². The molecule has 0 atom stereocenters. The standard InChI is InChI=1S/C7H14O4Si.C3H8/c1-6(2)7(8)12(9-3,10-4)11-5;1-3-2/h1H2,2-5H3;3H2,1-2H3. The minimum atomic E-state index is -3.12. The first-order valence-corrected chi connectivity index (χ1v) is 6.53. The van der Waals surface area contributed by atoms with E-state index < -0.39 is 8.80 Å². The van der Waals surface area contributed by atoms with Crippen LogP contribution in [0.5, 0.6) is 0 Å². The van der Waals surface area contributed by atoms with E-state index in [9.17, 15) is 4.79 Å². The van der Waals surface area contributed by atoms with Crippen molar-refractivity contribution in [2.45, 2.75) is 27.2 Å². The third-order valence-electron chi connectivity index (χ3n) is 1.47. The fraction of sp³-hybridized carbons (Fsp3) is 0.700. The first kappa shape index (κ1) is 16.9. The van der Waals surface area contributed by atoms with E-state index in [1.54, 1.807) is 6.92 Å². The summed E-state index contributed by atoms with van der Waals surface area (Å²) in [6.07, 6.45) is 1.25. The van der Waals surface area contributed by atoms with Gasteiger partial charge in [-0.2, -0.15) is 0 Å². The Labute approximate surface area is 93.6 Å². The Kier molecular flexibility index (Phi) is 9.91. The molecule has 0 spiro atoms. The Bertz CT molecular complexity index is 191. The van der Waals surface area contributed by atoms with Crippen LogP contribution < -0.4 is 0 Å². The zero-order valence-electron chi connectivity index (χ0n) is 10.5. The Morgan fingerprint density at radius 2 is 1.40 bits per heavy atom. The predicted molar refractivity (Wildman–Crippen MR) is 62.6 cm³/mol. The summed E-state index contributed by atoms with van der Waals surface area (Å²) in [7, 11) is 1.04. The number of rotatable bonds is 5. The van der Waals surface area contributed by atoms with Crippen LogP contribution in [0, 0.1) is 0 Å². The van der Waals surface area contributed by atoms with Crippen molar-refractivity contribution in [3.63, 3.8) is 0 Å². The molecule has 4 nitrogen and oxygen atoms in total. The van der Waals surface area contributed by atoms with Gasteiger partial charge in [-0.05, 0) is 12.5 Å². The van der Waals surface area contributed by atoms with Gasteiger partial charge in [0, 0.05) is 21.3 Å². The van der Waals surface area contributed by atoms with E-state index >= 15 is 0 Å². The fourth-order valence-electron chi connectivity index (χ4n) is 0.789. The van der Waals surface area contributed by atoms with Gasteiger partial charge in [0.2, 0.25) is 5.41 Å². The van der Waals surface area contributed by atoms with Crippen LogP contribution in [0.25, 0.3) is 0 Å². The molecule has 0 aliphatic rings. The van der Waals surface area contributed by atoms with Crippen molar-refractivity contribution in [3.05, 3.63) is 12.2 Å². The highest BCUT2D eigenvalue weighted by Gasteiger charge is 2.47. The lowest BCUT2D eigenvalue weighted by molar-refractivity contribution is -0.114. The quantitative estimate of drug-likeness (QED) is 0.539. The van der Waals surface area contributed by atoms with Gasteiger partial charge in [0.1, 0.15) is 0 Å². The molecule has 0 saturated heterocycles. The van der Waals surface area contributed by atoms with Crippen molar-refractivity contribution in [3.8, 4) is 0 Å². The molecule has 0 amide bonds. The molecule has 0 unspecified atom stereocenters. The molecule has 5 heteroatoms. The van der Waals surface area contributed by atoms with E-state index in [0.717, 1.165) is 0 Å². The van der Waals surface area contributed by atoms with E-state index in [2.05, 4.69) is 20.4 Å². The first-order chi connectivity index (χ1) is 6.95. The third-order valence-corrected chi connectivity index (χ3v) is 4.07. The molecule has 0 fully saturated rings. The van der Waals surface area contributed by atoms with Crippen LogP contribution in [0.15, 0.2) is 12.2 Å². The molecule has 0 aliphatic carbocycles. The summed E-state index contributed by atoms with van der Waals surface area (Å²) in [5, 5.41) is -0.282. The lowest BCUT2D eigenvalue weighted by Crippen LogP contribution is -2.51. The maximum atomic E-state index is 11.4. The van der Waals surface area contributed by atoms with E-state index in [0.29, 0.717) is 5.57 Å². The highest BCUT2D eigenvalue weighted by atomic mass is 28.4. The largest absolute Gasteiger partial charge is 0.578 e. The molecule has 0 aliphatic heterocycles. The van der Waals surface area contributed by atoms with Crippen LogP contribution in [0.2, 0.25) is 0 Å². The second-order valence-corrected chi connectivity index (χ2v) is 5.78. The summed E-state index contributed by atoms with van der Waals surface area (Å²) in [5.41, 5.74) is 0.382. The maximum Gasteiger partial charge on any atom is 0.578 e. The van der Waals surface area contributed by atoms with Crippen molar-refractivity contribution in [1.29, 1.82) is 0 Å². The highest BCUT2D eigenvalue weighted by Crippen LogP contribution is 2.11. The highest BCUT2D eigenvalue weighted by molar-refractivity contribution is 6.94. The summed E-state index contributed by atoms with van der Waals surface area (Å²) in [5.74, 6) is 0. The second-order valence-electron chi connectivity index (χ2n) is 2.99. The smallest absolute Gasteiger partial charge is 0.372 e. The Hall–Kier alpha value is -0.493. The van der Waals surface area contributed by atoms with Gasteiger partial charge in [0.25, 0.3) is 0 Å². The van der Waals surface area contributed by atoms with Crippen molar-refractivity contribution >= 4 is 14.2 Å². The van der Waals surface area contributed by atoms with Gasteiger partial charge in [0.05, 0.1) is 0 Å². The average Bonchev–Trinajstić information content (AvgIpc) is 2.22. The van der Waals surface area contributed by atoms with Crippen molar-refractivity contribution in [1.82, 2.24) is 0 Å².